The summed E-state index contributed by atoms with van der Waals surface area (Å²) in [7, 11) is -4.36. The first-order valence-corrected chi connectivity index (χ1v) is 11.8. The van der Waals surface area contributed by atoms with Gasteiger partial charge in [0.15, 0.2) is 0 Å². The standard InChI is InChI=1S/C21H23ClF3N3O3S/c1-14(26)28-11-9-15(10-12-28)13-31-18-7-4-6-17(20(18)21(23,24)25)27-32(29,30)19-8-3-2-5-16(19)22/h2-8,15,26-27H,9-13H2,1H3. The molecule has 0 aromatic heterocycles. The molecule has 0 amide bonds. The molecule has 1 aliphatic heterocycles. The van der Waals surface area contributed by atoms with E-state index in [4.69, 9.17) is 21.7 Å². The molecule has 1 fully saturated rings. The molecule has 0 unspecified atom stereocenters. The molecule has 0 radical (unpaired) electrons. The van der Waals surface area contributed by atoms with Gasteiger partial charge in [-0.1, -0.05) is 29.8 Å². The van der Waals surface area contributed by atoms with Gasteiger partial charge in [0.1, 0.15) is 16.2 Å². The van der Waals surface area contributed by atoms with Gasteiger partial charge in [0.05, 0.1) is 23.2 Å². The molecule has 32 heavy (non-hydrogen) atoms. The zero-order valence-electron chi connectivity index (χ0n) is 17.2. The fourth-order valence-electron chi connectivity index (χ4n) is 3.53. The molecule has 2 aromatic rings. The topological polar surface area (TPSA) is 82.5 Å². The van der Waals surface area contributed by atoms with E-state index in [1.165, 1.54) is 36.4 Å². The molecule has 174 valence electrons. The lowest BCUT2D eigenvalue weighted by Gasteiger charge is -2.32. The molecule has 0 spiro atoms. The van der Waals surface area contributed by atoms with Crippen molar-refractivity contribution in [1.82, 2.24) is 4.90 Å². The Hall–Kier alpha value is -2.46. The number of alkyl halides is 3. The highest BCUT2D eigenvalue weighted by atomic mass is 35.5. The van der Waals surface area contributed by atoms with Gasteiger partial charge >= 0.3 is 6.18 Å². The minimum atomic E-state index is -4.85. The van der Waals surface area contributed by atoms with Crippen LogP contribution in [0.15, 0.2) is 47.4 Å². The Balaban J connectivity index is 1.83. The van der Waals surface area contributed by atoms with E-state index in [1.807, 2.05) is 9.62 Å². The van der Waals surface area contributed by atoms with Gasteiger partial charge in [0, 0.05) is 13.1 Å². The second-order valence-corrected chi connectivity index (χ2v) is 9.60. The Bertz CT molecular complexity index is 1090. The maximum atomic E-state index is 13.9. The van der Waals surface area contributed by atoms with Crippen LogP contribution in [-0.2, 0) is 16.2 Å². The third kappa shape index (κ3) is 5.66. The van der Waals surface area contributed by atoms with E-state index in [1.54, 1.807) is 6.92 Å². The van der Waals surface area contributed by atoms with Crippen LogP contribution in [0.1, 0.15) is 25.3 Å². The summed E-state index contributed by atoms with van der Waals surface area (Å²) >= 11 is 5.92. The monoisotopic (exact) mass is 489 g/mol. The van der Waals surface area contributed by atoms with Crippen LogP contribution in [0.4, 0.5) is 18.9 Å². The van der Waals surface area contributed by atoms with Gasteiger partial charge in [0.25, 0.3) is 10.0 Å². The van der Waals surface area contributed by atoms with Gasteiger partial charge in [-0.25, -0.2) is 8.42 Å². The zero-order valence-corrected chi connectivity index (χ0v) is 18.8. The first-order valence-electron chi connectivity index (χ1n) is 9.89. The lowest BCUT2D eigenvalue weighted by Crippen LogP contribution is -2.38. The maximum Gasteiger partial charge on any atom is 0.421 e. The largest absolute Gasteiger partial charge is 0.493 e. The Labute approximate surface area is 189 Å². The molecule has 6 nitrogen and oxygen atoms in total. The summed E-state index contributed by atoms with van der Waals surface area (Å²) in [5.41, 5.74) is -1.83. The first-order chi connectivity index (χ1) is 15.0. The molecule has 11 heteroatoms. The Morgan fingerprint density at radius 1 is 1.19 bits per heavy atom. The van der Waals surface area contributed by atoms with Crippen LogP contribution >= 0.6 is 11.6 Å². The number of nitrogens with one attached hydrogen (secondary N) is 2. The second-order valence-electron chi connectivity index (χ2n) is 7.54. The number of amidine groups is 1. The minimum Gasteiger partial charge on any atom is -0.493 e. The molecular weight excluding hydrogens is 467 g/mol. The van der Waals surface area contributed by atoms with Gasteiger partial charge in [-0.15, -0.1) is 0 Å². The SMILES string of the molecule is CC(=N)N1CCC(COc2cccc(NS(=O)(=O)c3ccccc3Cl)c2C(F)(F)F)CC1. The van der Waals surface area contributed by atoms with Crippen LogP contribution in [0, 0.1) is 11.3 Å². The van der Waals surface area contributed by atoms with Gasteiger partial charge < -0.3 is 9.64 Å². The molecule has 1 heterocycles. The summed E-state index contributed by atoms with van der Waals surface area (Å²) in [4.78, 5) is 1.58. The summed E-state index contributed by atoms with van der Waals surface area (Å²) in [6.45, 7) is 3.05. The van der Waals surface area contributed by atoms with Crippen molar-refractivity contribution in [1.29, 1.82) is 5.41 Å². The van der Waals surface area contributed by atoms with Gasteiger partial charge in [0.2, 0.25) is 0 Å². The summed E-state index contributed by atoms with van der Waals surface area (Å²) < 4.78 is 74.6. The van der Waals surface area contributed by atoms with E-state index in [9.17, 15) is 21.6 Å². The van der Waals surface area contributed by atoms with Crippen LogP contribution < -0.4 is 9.46 Å². The average molecular weight is 490 g/mol. The normalized spacial score (nSPS) is 15.5. The Kier molecular flexibility index (Phi) is 7.24. The number of ether oxygens (including phenoxy) is 1. The number of halogens is 4. The van der Waals surface area contributed by atoms with Gasteiger partial charge in [-0.2, -0.15) is 13.2 Å². The molecule has 1 saturated heterocycles. The molecular formula is C21H23ClF3N3O3S. The Morgan fingerprint density at radius 2 is 1.84 bits per heavy atom. The van der Waals surface area contributed by atoms with Crippen molar-refractivity contribution in [2.24, 2.45) is 5.92 Å². The van der Waals surface area contributed by atoms with E-state index >= 15 is 0 Å². The van der Waals surface area contributed by atoms with Crippen LogP contribution in [-0.4, -0.2) is 38.8 Å². The highest BCUT2D eigenvalue weighted by Gasteiger charge is 2.39. The fourth-order valence-corrected chi connectivity index (χ4v) is 5.13. The number of hydrogen-bond donors (Lipinski definition) is 2. The number of likely N-dealkylation sites (tertiary alicyclic amines) is 1. The summed E-state index contributed by atoms with van der Waals surface area (Å²) in [6.07, 6.45) is -3.47. The van der Waals surface area contributed by atoms with Crippen molar-refractivity contribution in [3.63, 3.8) is 0 Å². The van der Waals surface area contributed by atoms with E-state index in [0.29, 0.717) is 31.8 Å². The van der Waals surface area contributed by atoms with Gasteiger partial charge in [-0.3, -0.25) is 10.1 Å². The molecule has 0 bridgehead atoms. The van der Waals surface area contributed by atoms with Crippen molar-refractivity contribution >= 4 is 33.1 Å². The van der Waals surface area contributed by atoms with E-state index in [0.717, 1.165) is 6.07 Å². The average Bonchev–Trinajstić information content (AvgIpc) is 2.71. The summed E-state index contributed by atoms with van der Waals surface area (Å²) in [5, 5.41) is 7.56. The smallest absolute Gasteiger partial charge is 0.421 e. The molecule has 0 saturated carbocycles. The summed E-state index contributed by atoms with van der Waals surface area (Å²) in [5.74, 6) is 0.0555. The van der Waals surface area contributed by atoms with Crippen molar-refractivity contribution in [3.05, 3.63) is 53.1 Å². The lowest BCUT2D eigenvalue weighted by molar-refractivity contribution is -0.138. The third-order valence-corrected chi connectivity index (χ3v) is 7.11. The minimum absolute atomic E-state index is 0.0372. The number of benzene rings is 2. The van der Waals surface area contributed by atoms with Crippen LogP contribution in [0.3, 0.4) is 0 Å². The Morgan fingerprint density at radius 3 is 2.44 bits per heavy atom. The van der Waals surface area contributed by atoms with Crippen molar-refractivity contribution in [3.8, 4) is 5.75 Å². The van der Waals surface area contributed by atoms with Crippen molar-refractivity contribution in [2.75, 3.05) is 24.4 Å². The van der Waals surface area contributed by atoms with Gasteiger partial charge in [-0.05, 0) is 49.9 Å². The number of nitrogens with zero attached hydrogens (tertiary/aromatic N) is 1. The number of rotatable bonds is 6. The summed E-state index contributed by atoms with van der Waals surface area (Å²) in [6, 6.07) is 9.01. The predicted octanol–water partition coefficient (Wildman–Crippen LogP) is 5.25. The number of piperidine rings is 1. The number of sulfonamides is 1. The zero-order chi connectivity index (χ0) is 23.5. The molecule has 2 N–H and O–H groups in total. The van der Waals surface area contributed by atoms with E-state index < -0.39 is 33.2 Å². The second kappa shape index (κ2) is 9.58. The molecule has 2 aromatic carbocycles. The highest BCUT2D eigenvalue weighted by molar-refractivity contribution is 7.92. The molecule has 0 aliphatic carbocycles. The fraction of sp³-hybridized carbons (Fsp3) is 0.381. The first kappa shape index (κ1) is 24.2. The molecule has 0 atom stereocenters. The quantitative estimate of drug-likeness (QED) is 0.429. The van der Waals surface area contributed by atoms with E-state index in [2.05, 4.69) is 0 Å². The highest BCUT2D eigenvalue weighted by Crippen LogP contribution is 2.42. The van der Waals surface area contributed by atoms with Crippen LogP contribution in [0.25, 0.3) is 0 Å². The maximum absolute atomic E-state index is 13.9. The number of anilines is 1. The van der Waals surface area contributed by atoms with E-state index in [-0.39, 0.29) is 22.4 Å². The third-order valence-electron chi connectivity index (χ3n) is 5.24. The van der Waals surface area contributed by atoms with Crippen molar-refractivity contribution in [2.45, 2.75) is 30.8 Å². The molecule has 1 aliphatic rings. The lowest BCUT2D eigenvalue weighted by atomic mass is 9.97. The van der Waals surface area contributed by atoms with Crippen LogP contribution in [0.2, 0.25) is 5.02 Å². The predicted molar refractivity (Wildman–Crippen MR) is 117 cm³/mol. The molecule has 3 rings (SSSR count). The van der Waals surface area contributed by atoms with Crippen LogP contribution in [0.5, 0.6) is 5.75 Å². The van der Waals surface area contributed by atoms with Crippen molar-refractivity contribution < 1.29 is 26.3 Å². The number of hydrogen-bond acceptors (Lipinski definition) is 4.